The van der Waals surface area contributed by atoms with Crippen molar-refractivity contribution in [2.45, 2.75) is 5.03 Å². The van der Waals surface area contributed by atoms with Crippen molar-refractivity contribution < 1.29 is 8.42 Å². The standard InChI is InChI=1S/C4H5N2O2PS/c7-10(8,9)4-3-5-1-2-6-4/h1-3H,9H2. The fourth-order valence-corrected chi connectivity index (χ4v) is 1.21. The molecular weight excluding hydrogens is 171 g/mol. The number of nitrogens with zero attached hydrogens (tertiary/aromatic N) is 2. The Labute approximate surface area is 60.6 Å². The van der Waals surface area contributed by atoms with Crippen molar-refractivity contribution in [1.82, 2.24) is 9.97 Å². The van der Waals surface area contributed by atoms with Crippen molar-refractivity contribution in [2.24, 2.45) is 0 Å². The number of aromatic nitrogens is 2. The van der Waals surface area contributed by atoms with Gasteiger partial charge in [-0.15, -0.1) is 0 Å². The predicted octanol–water partition coefficient (Wildman–Crippen LogP) is 0.0404. The molecule has 0 aliphatic carbocycles. The van der Waals surface area contributed by atoms with Crippen LogP contribution in [0.1, 0.15) is 0 Å². The Morgan fingerprint density at radius 3 is 2.40 bits per heavy atom. The van der Waals surface area contributed by atoms with Crippen LogP contribution in [0.5, 0.6) is 0 Å². The van der Waals surface area contributed by atoms with Crippen LogP contribution in [0.4, 0.5) is 0 Å². The molecule has 0 radical (unpaired) electrons. The molecular formula is C4H5N2O2PS. The molecule has 10 heavy (non-hydrogen) atoms. The van der Waals surface area contributed by atoms with Gasteiger partial charge in [-0.25, -0.2) is 13.4 Å². The highest BCUT2D eigenvalue weighted by Crippen LogP contribution is 2.10. The van der Waals surface area contributed by atoms with Crippen molar-refractivity contribution in [2.75, 3.05) is 0 Å². The molecule has 0 N–H and O–H groups in total. The van der Waals surface area contributed by atoms with E-state index in [1.807, 2.05) is 0 Å². The Kier molecular flexibility index (Phi) is 1.97. The zero-order valence-electron chi connectivity index (χ0n) is 4.93. The third kappa shape index (κ3) is 1.72. The van der Waals surface area contributed by atoms with Crippen LogP contribution in [0, 0.1) is 0 Å². The number of hydrogen-bond acceptors (Lipinski definition) is 4. The van der Waals surface area contributed by atoms with Gasteiger partial charge in [-0.05, 0) is 8.44 Å². The van der Waals surface area contributed by atoms with Crippen LogP contribution in [-0.2, 0) is 9.46 Å². The molecule has 4 nitrogen and oxygen atoms in total. The van der Waals surface area contributed by atoms with Crippen LogP contribution in [0.2, 0.25) is 0 Å². The van der Waals surface area contributed by atoms with Gasteiger partial charge in [0.15, 0.2) is 5.03 Å². The van der Waals surface area contributed by atoms with Gasteiger partial charge in [0, 0.05) is 12.4 Å². The number of rotatable bonds is 1. The van der Waals surface area contributed by atoms with Gasteiger partial charge in [-0.3, -0.25) is 4.98 Å². The van der Waals surface area contributed by atoms with Crippen LogP contribution in [-0.4, -0.2) is 18.4 Å². The Bertz CT molecular complexity index is 309. The molecule has 0 aliphatic rings. The first-order valence-electron chi connectivity index (χ1n) is 2.39. The maximum Gasteiger partial charge on any atom is 0.207 e. The monoisotopic (exact) mass is 176 g/mol. The van der Waals surface area contributed by atoms with Gasteiger partial charge in [0.1, 0.15) is 0 Å². The van der Waals surface area contributed by atoms with Crippen molar-refractivity contribution >= 4 is 17.9 Å². The van der Waals surface area contributed by atoms with Crippen molar-refractivity contribution in [3.8, 4) is 0 Å². The highest BCUT2D eigenvalue weighted by atomic mass is 32.7. The molecule has 0 aromatic carbocycles. The minimum absolute atomic E-state index is 0.0278. The van der Waals surface area contributed by atoms with Gasteiger partial charge >= 0.3 is 0 Å². The maximum atomic E-state index is 10.7. The van der Waals surface area contributed by atoms with Crippen LogP contribution in [0.15, 0.2) is 23.6 Å². The molecule has 6 heteroatoms. The first kappa shape index (κ1) is 7.57. The van der Waals surface area contributed by atoms with Crippen LogP contribution in [0.25, 0.3) is 0 Å². The van der Waals surface area contributed by atoms with Crippen molar-refractivity contribution in [3.63, 3.8) is 0 Å². The van der Waals surface area contributed by atoms with E-state index in [1.54, 1.807) is 8.44 Å². The molecule has 1 atom stereocenters. The molecule has 1 unspecified atom stereocenters. The zero-order valence-corrected chi connectivity index (χ0v) is 6.90. The van der Waals surface area contributed by atoms with Gasteiger partial charge in [0.05, 0.1) is 6.20 Å². The second kappa shape index (κ2) is 2.60. The Morgan fingerprint density at radius 2 is 2.10 bits per heavy atom. The smallest absolute Gasteiger partial charge is 0.207 e. The minimum atomic E-state index is -3.26. The van der Waals surface area contributed by atoms with E-state index in [-0.39, 0.29) is 5.03 Å². The summed E-state index contributed by atoms with van der Waals surface area (Å²) in [6.07, 6.45) is 3.94. The Balaban J connectivity index is 3.22. The van der Waals surface area contributed by atoms with E-state index in [2.05, 4.69) is 9.97 Å². The first-order chi connectivity index (χ1) is 4.61. The Morgan fingerprint density at radius 1 is 1.40 bits per heavy atom. The summed E-state index contributed by atoms with van der Waals surface area (Å²) in [4.78, 5) is 7.17. The zero-order chi connectivity index (χ0) is 7.61. The lowest BCUT2D eigenvalue weighted by Gasteiger charge is -1.91. The van der Waals surface area contributed by atoms with Gasteiger partial charge in [0.25, 0.3) is 0 Å². The van der Waals surface area contributed by atoms with E-state index in [4.69, 9.17) is 0 Å². The lowest BCUT2D eigenvalue weighted by molar-refractivity contribution is 0.606. The second-order valence-corrected chi connectivity index (χ2v) is 4.96. The largest absolute Gasteiger partial charge is 0.260 e. The number of hydrogen-bond donors (Lipinski definition) is 0. The SMILES string of the molecule is O=S(=O)(P)c1cnccn1. The molecule has 1 aromatic rings. The fraction of sp³-hybridized carbons (Fsp3) is 0. The highest BCUT2D eigenvalue weighted by molar-refractivity contribution is 8.37. The van der Waals surface area contributed by atoms with Crippen molar-refractivity contribution in [3.05, 3.63) is 18.6 Å². The summed E-state index contributed by atoms with van der Waals surface area (Å²) in [5, 5.41) is -0.0278. The van der Waals surface area contributed by atoms with Gasteiger partial charge < -0.3 is 0 Å². The van der Waals surface area contributed by atoms with Crippen LogP contribution >= 0.6 is 8.44 Å². The molecule has 0 amide bonds. The average Bonchev–Trinajstić information content (AvgIpc) is 1.88. The van der Waals surface area contributed by atoms with E-state index in [9.17, 15) is 8.42 Å². The van der Waals surface area contributed by atoms with E-state index >= 15 is 0 Å². The summed E-state index contributed by atoms with van der Waals surface area (Å²) >= 11 is 0. The van der Waals surface area contributed by atoms with E-state index in [1.165, 1.54) is 18.6 Å². The molecule has 0 saturated heterocycles. The second-order valence-electron chi connectivity index (χ2n) is 1.59. The first-order valence-corrected chi connectivity index (χ1v) is 5.35. The molecule has 1 rings (SSSR count). The normalized spacial score (nSPS) is 11.3. The summed E-state index contributed by atoms with van der Waals surface area (Å²) in [7, 11) is -1.56. The summed E-state index contributed by atoms with van der Waals surface area (Å²) in [5.41, 5.74) is 0. The third-order valence-corrected chi connectivity index (χ3v) is 2.35. The van der Waals surface area contributed by atoms with Crippen LogP contribution in [0.3, 0.4) is 0 Å². The van der Waals surface area contributed by atoms with Crippen LogP contribution < -0.4 is 0 Å². The molecule has 0 fully saturated rings. The molecule has 54 valence electrons. The summed E-state index contributed by atoms with van der Waals surface area (Å²) < 4.78 is 21.4. The molecule has 0 aliphatic heterocycles. The topological polar surface area (TPSA) is 59.9 Å². The predicted molar refractivity (Wildman–Crippen MR) is 38.9 cm³/mol. The summed E-state index contributed by atoms with van der Waals surface area (Å²) in [6, 6.07) is 0. The lowest BCUT2D eigenvalue weighted by atomic mass is 10.8. The van der Waals surface area contributed by atoms with Gasteiger partial charge in [-0.1, -0.05) is 0 Å². The highest BCUT2D eigenvalue weighted by Gasteiger charge is 2.06. The summed E-state index contributed by atoms with van der Waals surface area (Å²) in [5.74, 6) is 0. The molecule has 1 heterocycles. The van der Waals surface area contributed by atoms with E-state index in [0.717, 1.165) is 0 Å². The Hall–Kier alpha value is -0.540. The van der Waals surface area contributed by atoms with Crippen molar-refractivity contribution in [1.29, 1.82) is 0 Å². The molecule has 1 aromatic heterocycles. The molecule has 0 saturated carbocycles. The lowest BCUT2D eigenvalue weighted by Crippen LogP contribution is -1.93. The van der Waals surface area contributed by atoms with Gasteiger partial charge in [0.2, 0.25) is 9.46 Å². The third-order valence-electron chi connectivity index (χ3n) is 0.831. The maximum absolute atomic E-state index is 10.7. The molecule has 0 spiro atoms. The summed E-state index contributed by atoms with van der Waals surface area (Å²) in [6.45, 7) is 0. The quantitative estimate of drug-likeness (QED) is 0.567. The van der Waals surface area contributed by atoms with E-state index in [0.29, 0.717) is 0 Å². The molecule has 0 bridgehead atoms. The fourth-order valence-electron chi connectivity index (χ4n) is 0.432. The van der Waals surface area contributed by atoms with Gasteiger partial charge in [-0.2, -0.15) is 0 Å². The van der Waals surface area contributed by atoms with E-state index < -0.39 is 9.46 Å². The average molecular weight is 176 g/mol. The minimum Gasteiger partial charge on any atom is -0.260 e.